The molecule has 0 saturated carbocycles. The number of carbonyl (C=O) groups excluding carboxylic acids is 1. The van der Waals surface area contributed by atoms with E-state index in [-0.39, 0.29) is 0 Å². The van der Waals surface area contributed by atoms with Crippen molar-refractivity contribution in [3.8, 4) is 0 Å². The number of amides is 1. The summed E-state index contributed by atoms with van der Waals surface area (Å²) in [5, 5.41) is 2.33. The molecule has 0 heterocycles. The molecule has 0 aliphatic heterocycles. The van der Waals surface area contributed by atoms with E-state index >= 15 is 0 Å². The van der Waals surface area contributed by atoms with Crippen molar-refractivity contribution in [2.24, 2.45) is 5.18 Å². The SMILES string of the molecule is CCCCCCCCC(=O)N=O. The van der Waals surface area contributed by atoms with Gasteiger partial charge >= 0.3 is 0 Å². The third kappa shape index (κ3) is 7.38. The Bertz CT molecular complexity index is 134. The number of unbranched alkanes of at least 4 members (excludes halogenated alkanes) is 5. The lowest BCUT2D eigenvalue weighted by Crippen LogP contribution is -1.90. The highest BCUT2D eigenvalue weighted by Gasteiger charge is 1.98. The van der Waals surface area contributed by atoms with E-state index < -0.39 is 5.91 Å². The summed E-state index contributed by atoms with van der Waals surface area (Å²) in [5.41, 5.74) is 0. The molecule has 0 fully saturated rings. The molecule has 0 aliphatic rings. The number of hydrogen-bond acceptors (Lipinski definition) is 2. The largest absolute Gasteiger partial charge is 0.286 e. The van der Waals surface area contributed by atoms with Gasteiger partial charge in [-0.1, -0.05) is 39.0 Å². The Hall–Kier alpha value is -0.730. The molecule has 0 aromatic heterocycles. The van der Waals surface area contributed by atoms with Crippen molar-refractivity contribution in [3.05, 3.63) is 4.91 Å². The third-order valence-corrected chi connectivity index (χ3v) is 1.85. The highest BCUT2D eigenvalue weighted by molar-refractivity contribution is 5.76. The summed E-state index contributed by atoms with van der Waals surface area (Å²) in [6.07, 6.45) is 7.08. The summed E-state index contributed by atoms with van der Waals surface area (Å²) in [7, 11) is 0. The first-order valence-electron chi connectivity index (χ1n) is 4.67. The van der Waals surface area contributed by atoms with Gasteiger partial charge in [0, 0.05) is 11.6 Å². The zero-order valence-electron chi connectivity index (χ0n) is 7.71. The van der Waals surface area contributed by atoms with Crippen LogP contribution in [0, 0.1) is 4.91 Å². The van der Waals surface area contributed by atoms with E-state index in [2.05, 4.69) is 12.1 Å². The molecular formula is C9H17NO2. The van der Waals surface area contributed by atoms with Crippen LogP contribution in [-0.4, -0.2) is 5.91 Å². The summed E-state index contributed by atoms with van der Waals surface area (Å²) in [6, 6.07) is 0. The normalized spacial score (nSPS) is 9.75. The van der Waals surface area contributed by atoms with Gasteiger partial charge in [0.2, 0.25) is 0 Å². The topological polar surface area (TPSA) is 46.5 Å². The monoisotopic (exact) mass is 171 g/mol. The maximum absolute atomic E-state index is 10.4. The lowest BCUT2D eigenvalue weighted by Gasteiger charge is -1.96. The number of rotatable bonds is 7. The zero-order chi connectivity index (χ0) is 9.23. The first kappa shape index (κ1) is 11.3. The van der Waals surface area contributed by atoms with Gasteiger partial charge in [-0.25, -0.2) is 0 Å². The van der Waals surface area contributed by atoms with Crippen LogP contribution in [0.4, 0.5) is 0 Å². The Morgan fingerprint density at radius 2 is 1.67 bits per heavy atom. The summed E-state index contributed by atoms with van der Waals surface area (Å²) in [5.74, 6) is -0.509. The predicted octanol–water partition coefficient (Wildman–Crippen LogP) is 3.03. The Labute approximate surface area is 73.5 Å². The van der Waals surface area contributed by atoms with Crippen molar-refractivity contribution in [1.29, 1.82) is 0 Å². The van der Waals surface area contributed by atoms with E-state index in [1.807, 2.05) is 0 Å². The molecule has 0 aliphatic carbocycles. The van der Waals surface area contributed by atoms with Crippen molar-refractivity contribution < 1.29 is 4.79 Å². The van der Waals surface area contributed by atoms with E-state index in [0.29, 0.717) is 6.42 Å². The Morgan fingerprint density at radius 3 is 2.25 bits per heavy atom. The molecule has 0 saturated heterocycles. The Morgan fingerprint density at radius 1 is 1.08 bits per heavy atom. The van der Waals surface area contributed by atoms with Crippen LogP contribution < -0.4 is 0 Å². The minimum atomic E-state index is -0.509. The fraction of sp³-hybridized carbons (Fsp3) is 0.889. The maximum Gasteiger partial charge on any atom is 0.286 e. The lowest BCUT2D eigenvalue weighted by atomic mass is 10.1. The van der Waals surface area contributed by atoms with Crippen molar-refractivity contribution in [2.45, 2.75) is 51.9 Å². The molecule has 0 N–H and O–H groups in total. The first-order chi connectivity index (χ1) is 5.81. The molecule has 1 amide bonds. The molecule has 0 rings (SSSR count). The van der Waals surface area contributed by atoms with Gasteiger partial charge in [0.1, 0.15) is 0 Å². The van der Waals surface area contributed by atoms with E-state index in [0.717, 1.165) is 12.8 Å². The lowest BCUT2D eigenvalue weighted by molar-refractivity contribution is -0.118. The van der Waals surface area contributed by atoms with E-state index in [9.17, 15) is 9.70 Å². The van der Waals surface area contributed by atoms with Crippen LogP contribution in [0.5, 0.6) is 0 Å². The fourth-order valence-electron chi connectivity index (χ4n) is 1.10. The van der Waals surface area contributed by atoms with Gasteiger partial charge in [-0.05, 0) is 6.42 Å². The quantitative estimate of drug-likeness (QED) is 0.436. The maximum atomic E-state index is 10.4. The summed E-state index contributed by atoms with van der Waals surface area (Å²) < 4.78 is 0. The number of nitroso groups, excluding NO2 is 1. The minimum Gasteiger partial charge on any atom is -0.269 e. The molecule has 0 spiro atoms. The van der Waals surface area contributed by atoms with Crippen LogP contribution >= 0.6 is 0 Å². The van der Waals surface area contributed by atoms with Gasteiger partial charge in [-0.15, -0.1) is 4.91 Å². The van der Waals surface area contributed by atoms with Crippen LogP contribution in [-0.2, 0) is 4.79 Å². The molecule has 0 aromatic rings. The molecule has 12 heavy (non-hydrogen) atoms. The molecular weight excluding hydrogens is 154 g/mol. The smallest absolute Gasteiger partial charge is 0.269 e. The first-order valence-corrected chi connectivity index (χ1v) is 4.67. The van der Waals surface area contributed by atoms with Gasteiger partial charge in [-0.2, -0.15) is 0 Å². The van der Waals surface area contributed by atoms with Crippen molar-refractivity contribution in [2.75, 3.05) is 0 Å². The highest BCUT2D eigenvalue weighted by atomic mass is 16.3. The molecule has 3 heteroatoms. The van der Waals surface area contributed by atoms with Gasteiger partial charge < -0.3 is 0 Å². The van der Waals surface area contributed by atoms with Crippen molar-refractivity contribution >= 4 is 5.91 Å². The van der Waals surface area contributed by atoms with Crippen LogP contribution in [0.25, 0.3) is 0 Å². The number of hydrogen-bond donors (Lipinski definition) is 0. The molecule has 70 valence electrons. The summed E-state index contributed by atoms with van der Waals surface area (Å²) >= 11 is 0. The average Bonchev–Trinajstić information content (AvgIpc) is 2.10. The van der Waals surface area contributed by atoms with Gasteiger partial charge in [0.15, 0.2) is 0 Å². The van der Waals surface area contributed by atoms with Gasteiger partial charge in [0.25, 0.3) is 5.91 Å². The van der Waals surface area contributed by atoms with E-state index in [1.165, 1.54) is 25.7 Å². The number of carbonyl (C=O) groups is 1. The molecule has 0 unspecified atom stereocenters. The molecule has 3 nitrogen and oxygen atoms in total. The third-order valence-electron chi connectivity index (χ3n) is 1.85. The number of nitrogens with zero attached hydrogens (tertiary/aromatic N) is 1. The zero-order valence-corrected chi connectivity index (χ0v) is 7.71. The van der Waals surface area contributed by atoms with E-state index in [1.54, 1.807) is 0 Å². The van der Waals surface area contributed by atoms with Gasteiger partial charge in [0.05, 0.1) is 0 Å². The highest BCUT2D eigenvalue weighted by Crippen LogP contribution is 2.06. The Balaban J connectivity index is 3.00. The van der Waals surface area contributed by atoms with Crippen LogP contribution in [0.1, 0.15) is 51.9 Å². The fourth-order valence-corrected chi connectivity index (χ4v) is 1.10. The molecule has 0 bridgehead atoms. The predicted molar refractivity (Wildman–Crippen MR) is 48.8 cm³/mol. The second-order valence-corrected chi connectivity index (χ2v) is 3.00. The second kappa shape index (κ2) is 8.37. The summed E-state index contributed by atoms with van der Waals surface area (Å²) in [4.78, 5) is 20.1. The van der Waals surface area contributed by atoms with Crippen LogP contribution in [0.3, 0.4) is 0 Å². The standard InChI is InChI=1S/C9H17NO2/c1-2-3-4-5-6-7-8-9(11)10-12/h2-8H2,1H3. The minimum absolute atomic E-state index is 0.329. The van der Waals surface area contributed by atoms with Crippen LogP contribution in [0.15, 0.2) is 5.18 Å². The van der Waals surface area contributed by atoms with Crippen molar-refractivity contribution in [1.82, 2.24) is 0 Å². The van der Waals surface area contributed by atoms with Crippen molar-refractivity contribution in [3.63, 3.8) is 0 Å². The van der Waals surface area contributed by atoms with E-state index in [4.69, 9.17) is 0 Å². The Kier molecular flexibility index (Phi) is 7.86. The second-order valence-electron chi connectivity index (χ2n) is 3.00. The summed E-state index contributed by atoms with van der Waals surface area (Å²) in [6.45, 7) is 2.17. The van der Waals surface area contributed by atoms with Gasteiger partial charge in [-0.3, -0.25) is 4.79 Å². The molecule has 0 radical (unpaired) electrons. The van der Waals surface area contributed by atoms with Crippen LogP contribution in [0.2, 0.25) is 0 Å². The molecule has 0 aromatic carbocycles. The average molecular weight is 171 g/mol. The molecule has 0 atom stereocenters.